The van der Waals surface area contributed by atoms with Gasteiger partial charge in [0, 0.05) is 29.7 Å². The van der Waals surface area contributed by atoms with Gasteiger partial charge in [0.15, 0.2) is 10.9 Å². The Kier molecular flexibility index (Phi) is 5.26. The zero-order valence-corrected chi connectivity index (χ0v) is 16.9. The van der Waals surface area contributed by atoms with Crippen LogP contribution in [0.5, 0.6) is 0 Å². The molecular weight excluding hydrogens is 390 g/mol. The number of fused-ring (bicyclic) bond motifs is 1. The van der Waals surface area contributed by atoms with Crippen molar-refractivity contribution >= 4 is 34.9 Å². The average Bonchev–Trinajstić information content (AvgIpc) is 3.29. The van der Waals surface area contributed by atoms with Crippen LogP contribution < -0.4 is 15.5 Å². The van der Waals surface area contributed by atoms with Crippen molar-refractivity contribution in [2.24, 2.45) is 0 Å². The molecule has 0 radical (unpaired) electrons. The molecule has 9 nitrogen and oxygen atoms in total. The zero-order valence-electron chi connectivity index (χ0n) is 16.1. The van der Waals surface area contributed by atoms with Crippen molar-refractivity contribution in [3.63, 3.8) is 0 Å². The van der Waals surface area contributed by atoms with E-state index in [-0.39, 0.29) is 18.2 Å². The van der Waals surface area contributed by atoms with Crippen LogP contribution in [0.1, 0.15) is 13.8 Å². The van der Waals surface area contributed by atoms with Crippen molar-refractivity contribution in [2.75, 3.05) is 18.0 Å². The van der Waals surface area contributed by atoms with Gasteiger partial charge in [-0.2, -0.15) is 0 Å². The first-order valence-corrected chi connectivity index (χ1v) is 9.71. The number of hydrogen-bond donors (Lipinski definition) is 2. The number of carbonyl (C=O) groups excluding carboxylic acids is 1. The Hall–Kier alpha value is -3.27. The summed E-state index contributed by atoms with van der Waals surface area (Å²) >= 11 is 5.21. The van der Waals surface area contributed by atoms with Gasteiger partial charge in [0.2, 0.25) is 0 Å². The molecule has 2 aromatic heterocycles. The minimum absolute atomic E-state index is 0.245. The molecule has 150 valence electrons. The molecule has 0 saturated carbocycles. The van der Waals surface area contributed by atoms with Gasteiger partial charge < -0.3 is 15.4 Å². The predicted octanol–water partition coefficient (Wildman–Crippen LogP) is 1.99. The van der Waals surface area contributed by atoms with Crippen LogP contribution in [-0.4, -0.2) is 56.0 Å². The van der Waals surface area contributed by atoms with E-state index in [0.717, 1.165) is 11.3 Å². The molecule has 1 aliphatic rings. The number of nitrogens with zero attached hydrogens (tertiary/aromatic N) is 5. The number of aromatic nitrogens is 4. The van der Waals surface area contributed by atoms with E-state index >= 15 is 0 Å². The minimum Gasteiger partial charge on any atom is -0.442 e. The van der Waals surface area contributed by atoms with E-state index in [1.807, 2.05) is 54.8 Å². The second-order valence-corrected chi connectivity index (χ2v) is 7.39. The maximum atomic E-state index is 12.3. The molecule has 1 amide bonds. The smallest absolute Gasteiger partial charge is 0.414 e. The van der Waals surface area contributed by atoms with Crippen molar-refractivity contribution < 1.29 is 9.53 Å². The van der Waals surface area contributed by atoms with E-state index in [4.69, 9.17) is 17.0 Å². The summed E-state index contributed by atoms with van der Waals surface area (Å²) in [6, 6.07) is 9.61. The van der Waals surface area contributed by atoms with Gasteiger partial charge in [0.1, 0.15) is 6.10 Å². The van der Waals surface area contributed by atoms with Gasteiger partial charge in [-0.05, 0) is 56.4 Å². The van der Waals surface area contributed by atoms with Gasteiger partial charge >= 0.3 is 6.09 Å². The molecule has 1 aromatic carbocycles. The molecule has 0 unspecified atom stereocenters. The maximum Gasteiger partial charge on any atom is 0.414 e. The molecule has 10 heteroatoms. The lowest BCUT2D eigenvalue weighted by Crippen LogP contribution is -2.43. The fourth-order valence-corrected chi connectivity index (χ4v) is 3.41. The summed E-state index contributed by atoms with van der Waals surface area (Å²) in [5, 5.41) is 15.0. The fourth-order valence-electron chi connectivity index (χ4n) is 3.09. The molecule has 0 spiro atoms. The molecule has 1 fully saturated rings. The van der Waals surface area contributed by atoms with E-state index in [1.165, 1.54) is 0 Å². The molecule has 1 saturated heterocycles. The Labute approximate surface area is 173 Å². The summed E-state index contributed by atoms with van der Waals surface area (Å²) < 4.78 is 7.26. The van der Waals surface area contributed by atoms with Crippen molar-refractivity contribution in [3.8, 4) is 11.4 Å². The Morgan fingerprint density at radius 3 is 2.86 bits per heavy atom. The number of ether oxygens (including phenoxy) is 1. The molecule has 2 N–H and O–H groups in total. The van der Waals surface area contributed by atoms with E-state index in [1.54, 1.807) is 11.1 Å². The van der Waals surface area contributed by atoms with Crippen LogP contribution >= 0.6 is 12.2 Å². The number of carbonyl (C=O) groups is 1. The van der Waals surface area contributed by atoms with Crippen LogP contribution in [0.2, 0.25) is 0 Å². The Bertz CT molecular complexity index is 1030. The minimum atomic E-state index is -0.371. The zero-order chi connectivity index (χ0) is 20.4. The molecule has 0 bridgehead atoms. The summed E-state index contributed by atoms with van der Waals surface area (Å²) in [6.45, 7) is 4.92. The quantitative estimate of drug-likeness (QED) is 0.616. The molecule has 29 heavy (non-hydrogen) atoms. The first-order chi connectivity index (χ1) is 14.0. The maximum absolute atomic E-state index is 12.3. The number of anilines is 1. The average molecular weight is 411 g/mol. The second-order valence-electron chi connectivity index (χ2n) is 6.99. The summed E-state index contributed by atoms with van der Waals surface area (Å²) in [6.07, 6.45) is 2.89. The van der Waals surface area contributed by atoms with E-state index in [0.29, 0.717) is 29.8 Å². The van der Waals surface area contributed by atoms with Crippen LogP contribution in [0.4, 0.5) is 10.5 Å². The first kappa shape index (κ1) is 19.1. The van der Waals surface area contributed by atoms with Gasteiger partial charge in [-0.3, -0.25) is 9.30 Å². The normalized spacial score (nSPS) is 16.3. The molecular formula is C19H21N7O2S. The Balaban J connectivity index is 1.42. The molecule has 1 aliphatic heterocycles. The van der Waals surface area contributed by atoms with Gasteiger partial charge in [0.05, 0.1) is 13.1 Å². The number of nitrogens with one attached hydrogen (secondary N) is 2. The third-order valence-electron chi connectivity index (χ3n) is 4.41. The van der Waals surface area contributed by atoms with Gasteiger partial charge in [0.25, 0.3) is 5.78 Å². The van der Waals surface area contributed by atoms with Crippen LogP contribution in [0, 0.1) is 0 Å². The molecule has 1 atom stereocenters. The topological polar surface area (TPSA) is 96.7 Å². The summed E-state index contributed by atoms with van der Waals surface area (Å²) in [5.41, 5.74) is 1.64. The summed E-state index contributed by atoms with van der Waals surface area (Å²) in [5.74, 6) is 1.23. The molecule has 3 aromatic rings. The monoisotopic (exact) mass is 411 g/mol. The summed E-state index contributed by atoms with van der Waals surface area (Å²) in [7, 11) is 0. The van der Waals surface area contributed by atoms with Gasteiger partial charge in [-0.15, -0.1) is 10.2 Å². The molecule has 4 rings (SSSR count). The molecule has 0 aliphatic carbocycles. The number of hydrogen-bond acceptors (Lipinski definition) is 6. The van der Waals surface area contributed by atoms with Crippen LogP contribution in [0.15, 0.2) is 42.7 Å². The lowest BCUT2D eigenvalue weighted by Gasteiger charge is -2.15. The van der Waals surface area contributed by atoms with Crippen molar-refractivity contribution in [1.29, 1.82) is 0 Å². The van der Waals surface area contributed by atoms with Crippen molar-refractivity contribution in [2.45, 2.75) is 26.0 Å². The van der Waals surface area contributed by atoms with Crippen molar-refractivity contribution in [1.82, 2.24) is 30.2 Å². The number of rotatable bonds is 5. The van der Waals surface area contributed by atoms with E-state index in [2.05, 4.69) is 25.8 Å². The lowest BCUT2D eigenvalue weighted by atomic mass is 10.2. The Morgan fingerprint density at radius 1 is 1.31 bits per heavy atom. The van der Waals surface area contributed by atoms with Crippen molar-refractivity contribution in [3.05, 3.63) is 42.7 Å². The number of amides is 1. The highest BCUT2D eigenvalue weighted by atomic mass is 32.1. The van der Waals surface area contributed by atoms with Gasteiger partial charge in [-0.25, -0.2) is 9.78 Å². The predicted molar refractivity (Wildman–Crippen MR) is 113 cm³/mol. The van der Waals surface area contributed by atoms with Crippen LogP contribution in [-0.2, 0) is 4.74 Å². The summed E-state index contributed by atoms with van der Waals surface area (Å²) in [4.78, 5) is 18.1. The third kappa shape index (κ3) is 4.11. The lowest BCUT2D eigenvalue weighted by molar-refractivity contribution is 0.142. The van der Waals surface area contributed by atoms with Crippen LogP contribution in [0.3, 0.4) is 0 Å². The van der Waals surface area contributed by atoms with E-state index in [9.17, 15) is 4.79 Å². The number of cyclic esters (lactones) is 1. The third-order valence-corrected chi connectivity index (χ3v) is 4.67. The van der Waals surface area contributed by atoms with E-state index < -0.39 is 0 Å². The largest absolute Gasteiger partial charge is 0.442 e. The molecule has 3 heterocycles. The highest BCUT2D eigenvalue weighted by Gasteiger charge is 2.32. The number of thiocarbonyl (C=S) groups is 1. The van der Waals surface area contributed by atoms with Crippen LogP contribution in [0.25, 0.3) is 17.2 Å². The van der Waals surface area contributed by atoms with Gasteiger partial charge in [-0.1, -0.05) is 0 Å². The second kappa shape index (κ2) is 8.00. The standard InChI is InChI=1S/C19H21N7O2S/c1-12(2)22-18(29)21-10-15-11-26(19(27)28-15)14-6-4-13(5-7-14)16-23-24-17-20-8-3-9-25(16)17/h3-9,12,15H,10-11H2,1-2H3,(H2,21,22,29)/t15-/m0/s1. The highest BCUT2D eigenvalue weighted by molar-refractivity contribution is 7.80. The Morgan fingerprint density at radius 2 is 2.10 bits per heavy atom. The number of benzene rings is 1. The first-order valence-electron chi connectivity index (χ1n) is 9.30. The fraction of sp³-hybridized carbons (Fsp3) is 0.316. The highest BCUT2D eigenvalue weighted by Crippen LogP contribution is 2.25. The SMILES string of the molecule is CC(C)NC(=S)NC[C@H]1CN(c2ccc(-c3nnc4ncccn34)cc2)C(=O)O1.